The summed E-state index contributed by atoms with van der Waals surface area (Å²) in [5, 5.41) is 0.833. The second-order valence-electron chi connectivity index (χ2n) is 5.35. The Bertz CT molecular complexity index is 635. The predicted molar refractivity (Wildman–Crippen MR) is 78.7 cm³/mol. The third-order valence-electron chi connectivity index (χ3n) is 3.48. The van der Waals surface area contributed by atoms with Crippen molar-refractivity contribution in [2.24, 2.45) is 0 Å². The van der Waals surface area contributed by atoms with Gasteiger partial charge >= 0.3 is 0 Å². The summed E-state index contributed by atoms with van der Waals surface area (Å²) in [4.78, 5) is 15.2. The number of nitrogen functional groups attached to an aromatic ring is 1. The lowest BCUT2D eigenvalue weighted by Gasteiger charge is -2.37. The Kier molecular flexibility index (Phi) is 3.17. The first-order chi connectivity index (χ1) is 9.54. The zero-order valence-corrected chi connectivity index (χ0v) is 12.0. The molecule has 0 spiro atoms. The summed E-state index contributed by atoms with van der Waals surface area (Å²) in [6.45, 7) is 7.64. The zero-order valence-electron chi connectivity index (χ0n) is 12.0. The van der Waals surface area contributed by atoms with Crippen molar-refractivity contribution in [2.75, 3.05) is 23.7 Å². The monoisotopic (exact) mass is 273 g/mol. The Morgan fingerprint density at radius 2 is 1.95 bits per heavy atom. The highest BCUT2D eigenvalue weighted by atomic mass is 16.5. The molecule has 3 heterocycles. The van der Waals surface area contributed by atoms with Crippen LogP contribution in [0.5, 0.6) is 0 Å². The van der Waals surface area contributed by atoms with Crippen LogP contribution in [-0.2, 0) is 4.74 Å². The van der Waals surface area contributed by atoms with Crippen LogP contribution in [0.25, 0.3) is 11.0 Å². The molecule has 20 heavy (non-hydrogen) atoms. The average Bonchev–Trinajstić information content (AvgIpc) is 2.36. The van der Waals surface area contributed by atoms with Crippen molar-refractivity contribution in [1.82, 2.24) is 15.0 Å². The lowest BCUT2D eigenvalue weighted by atomic mass is 10.1. The first-order valence-corrected chi connectivity index (χ1v) is 6.84. The van der Waals surface area contributed by atoms with Gasteiger partial charge in [0.1, 0.15) is 11.6 Å². The van der Waals surface area contributed by atoms with E-state index in [1.807, 2.05) is 13.0 Å². The number of hydrogen-bond acceptors (Lipinski definition) is 6. The molecule has 3 rings (SSSR count). The fourth-order valence-electron chi connectivity index (χ4n) is 2.82. The van der Waals surface area contributed by atoms with Crippen LogP contribution in [0.3, 0.4) is 0 Å². The number of morpholine rings is 1. The van der Waals surface area contributed by atoms with Crippen LogP contribution in [0.4, 0.5) is 11.5 Å². The molecule has 106 valence electrons. The zero-order chi connectivity index (χ0) is 14.3. The number of ether oxygens (including phenoxy) is 1. The Morgan fingerprint density at radius 3 is 2.65 bits per heavy atom. The van der Waals surface area contributed by atoms with Crippen LogP contribution in [0, 0.1) is 6.92 Å². The normalized spacial score (nSPS) is 23.2. The minimum Gasteiger partial charge on any atom is -0.383 e. The molecule has 0 aliphatic carbocycles. The van der Waals surface area contributed by atoms with Crippen molar-refractivity contribution < 1.29 is 4.74 Å². The van der Waals surface area contributed by atoms with Gasteiger partial charge < -0.3 is 15.4 Å². The first kappa shape index (κ1) is 13.1. The molecule has 0 bridgehead atoms. The van der Waals surface area contributed by atoms with Gasteiger partial charge in [-0.15, -0.1) is 0 Å². The van der Waals surface area contributed by atoms with Gasteiger partial charge in [-0.25, -0.2) is 15.0 Å². The maximum absolute atomic E-state index is 6.08. The predicted octanol–water partition coefficient (Wildman–Crippen LogP) is 1.53. The fourth-order valence-corrected chi connectivity index (χ4v) is 2.82. The maximum atomic E-state index is 6.08. The van der Waals surface area contributed by atoms with Crippen LogP contribution < -0.4 is 10.6 Å². The van der Waals surface area contributed by atoms with E-state index >= 15 is 0 Å². The standard InChI is InChI=1S/C14H19N5O/c1-8-6-19(7-9(2)20-8)11-4-5-16-14-12(11)13(15)17-10(3)18-14/h4-5,8-9H,6-7H2,1-3H3,(H2,15,16,17,18)/t8-,9+. The SMILES string of the molecule is Cc1nc(N)c2c(N3C[C@@H](C)O[C@@H](C)C3)ccnc2n1. The van der Waals surface area contributed by atoms with Gasteiger partial charge in [0.2, 0.25) is 0 Å². The molecule has 0 saturated carbocycles. The number of rotatable bonds is 1. The number of pyridine rings is 1. The second-order valence-corrected chi connectivity index (χ2v) is 5.35. The van der Waals surface area contributed by atoms with E-state index in [0.29, 0.717) is 17.3 Å². The van der Waals surface area contributed by atoms with Gasteiger partial charge in [0.25, 0.3) is 0 Å². The fraction of sp³-hybridized carbons (Fsp3) is 0.500. The number of aryl methyl sites for hydroxylation is 1. The summed E-state index contributed by atoms with van der Waals surface area (Å²) in [7, 11) is 0. The van der Waals surface area contributed by atoms with E-state index in [2.05, 4.69) is 33.7 Å². The van der Waals surface area contributed by atoms with E-state index < -0.39 is 0 Å². The van der Waals surface area contributed by atoms with Gasteiger partial charge in [-0.2, -0.15) is 0 Å². The summed E-state index contributed by atoms with van der Waals surface area (Å²) in [5.74, 6) is 1.13. The van der Waals surface area contributed by atoms with Crippen molar-refractivity contribution in [3.8, 4) is 0 Å². The van der Waals surface area contributed by atoms with E-state index in [-0.39, 0.29) is 12.2 Å². The van der Waals surface area contributed by atoms with Crippen LogP contribution in [0.1, 0.15) is 19.7 Å². The van der Waals surface area contributed by atoms with Crippen molar-refractivity contribution in [1.29, 1.82) is 0 Å². The summed E-state index contributed by atoms with van der Waals surface area (Å²) >= 11 is 0. The van der Waals surface area contributed by atoms with Gasteiger partial charge in [-0.3, -0.25) is 0 Å². The lowest BCUT2D eigenvalue weighted by molar-refractivity contribution is -0.00513. The molecule has 0 radical (unpaired) electrons. The molecule has 1 aliphatic heterocycles. The molecular weight excluding hydrogens is 254 g/mol. The van der Waals surface area contributed by atoms with Crippen molar-refractivity contribution >= 4 is 22.5 Å². The van der Waals surface area contributed by atoms with Gasteiger partial charge in [0.15, 0.2) is 5.65 Å². The van der Waals surface area contributed by atoms with Crippen molar-refractivity contribution in [2.45, 2.75) is 33.0 Å². The number of hydrogen-bond donors (Lipinski definition) is 1. The van der Waals surface area contributed by atoms with Crippen molar-refractivity contribution in [3.63, 3.8) is 0 Å². The molecular formula is C14H19N5O. The molecule has 0 unspecified atom stereocenters. The maximum Gasteiger partial charge on any atom is 0.167 e. The minimum absolute atomic E-state index is 0.189. The molecule has 0 aromatic carbocycles. The molecule has 6 nitrogen and oxygen atoms in total. The first-order valence-electron chi connectivity index (χ1n) is 6.84. The highest BCUT2D eigenvalue weighted by Gasteiger charge is 2.24. The molecule has 2 atom stereocenters. The molecule has 1 aliphatic rings. The number of nitrogens with zero attached hydrogens (tertiary/aromatic N) is 4. The molecule has 2 aromatic rings. The summed E-state index contributed by atoms with van der Waals surface area (Å²) < 4.78 is 5.78. The summed E-state index contributed by atoms with van der Waals surface area (Å²) in [6, 6.07) is 1.97. The topological polar surface area (TPSA) is 77.2 Å². The molecule has 2 aromatic heterocycles. The molecule has 6 heteroatoms. The Balaban J connectivity index is 2.11. The average molecular weight is 273 g/mol. The molecule has 1 fully saturated rings. The molecule has 0 amide bonds. The highest BCUT2D eigenvalue weighted by molar-refractivity contribution is 5.97. The van der Waals surface area contributed by atoms with E-state index in [9.17, 15) is 0 Å². The second kappa shape index (κ2) is 4.86. The Labute approximate surface area is 118 Å². The van der Waals surface area contributed by atoms with Crippen LogP contribution in [-0.4, -0.2) is 40.2 Å². The molecule has 1 saturated heterocycles. The van der Waals surface area contributed by atoms with E-state index in [1.165, 1.54) is 0 Å². The largest absolute Gasteiger partial charge is 0.383 e. The van der Waals surface area contributed by atoms with Gasteiger partial charge in [0.05, 0.1) is 23.3 Å². The number of fused-ring (bicyclic) bond motifs is 1. The number of nitrogens with two attached hydrogens (primary N) is 1. The van der Waals surface area contributed by atoms with Crippen LogP contribution >= 0.6 is 0 Å². The van der Waals surface area contributed by atoms with E-state index in [0.717, 1.165) is 24.2 Å². The third-order valence-corrected chi connectivity index (χ3v) is 3.48. The highest BCUT2D eigenvalue weighted by Crippen LogP contribution is 2.30. The smallest absolute Gasteiger partial charge is 0.167 e. The molecule has 2 N–H and O–H groups in total. The number of anilines is 2. The van der Waals surface area contributed by atoms with Gasteiger partial charge in [-0.1, -0.05) is 0 Å². The minimum atomic E-state index is 0.189. The Morgan fingerprint density at radius 1 is 1.25 bits per heavy atom. The summed E-state index contributed by atoms with van der Waals surface area (Å²) in [6.07, 6.45) is 2.15. The summed E-state index contributed by atoms with van der Waals surface area (Å²) in [5.41, 5.74) is 7.77. The van der Waals surface area contributed by atoms with E-state index in [1.54, 1.807) is 6.20 Å². The lowest BCUT2D eigenvalue weighted by Crippen LogP contribution is -2.45. The van der Waals surface area contributed by atoms with Gasteiger partial charge in [0, 0.05) is 19.3 Å². The quantitative estimate of drug-likeness (QED) is 0.849. The van der Waals surface area contributed by atoms with Crippen LogP contribution in [0.15, 0.2) is 12.3 Å². The van der Waals surface area contributed by atoms with Crippen LogP contribution in [0.2, 0.25) is 0 Å². The van der Waals surface area contributed by atoms with Crippen molar-refractivity contribution in [3.05, 3.63) is 18.1 Å². The third kappa shape index (κ3) is 2.27. The number of aromatic nitrogens is 3. The van der Waals surface area contributed by atoms with E-state index in [4.69, 9.17) is 10.5 Å². The Hall–Kier alpha value is -1.95. The van der Waals surface area contributed by atoms with Gasteiger partial charge in [-0.05, 0) is 26.8 Å².